The van der Waals surface area contributed by atoms with Crippen LogP contribution in [0, 0.1) is 5.82 Å². The first kappa shape index (κ1) is 11.4. The van der Waals surface area contributed by atoms with Crippen LogP contribution in [0.1, 0.15) is 31.7 Å². The zero-order valence-corrected chi connectivity index (χ0v) is 9.79. The molecule has 0 heterocycles. The van der Waals surface area contributed by atoms with E-state index in [0.29, 0.717) is 5.75 Å². The van der Waals surface area contributed by atoms with Crippen molar-refractivity contribution in [2.45, 2.75) is 37.6 Å². The Kier molecular flexibility index (Phi) is 2.89. The van der Waals surface area contributed by atoms with E-state index >= 15 is 0 Å². The molecule has 2 N–H and O–H groups in total. The van der Waals surface area contributed by atoms with E-state index in [2.05, 4.69) is 6.92 Å². The third kappa shape index (κ3) is 1.92. The lowest BCUT2D eigenvalue weighted by atomic mass is 9.81. The highest BCUT2D eigenvalue weighted by atomic mass is 19.1. The molecule has 16 heavy (non-hydrogen) atoms. The Morgan fingerprint density at radius 3 is 2.75 bits per heavy atom. The second-order valence-electron chi connectivity index (χ2n) is 4.91. The highest BCUT2D eigenvalue weighted by Gasteiger charge is 2.35. The summed E-state index contributed by atoms with van der Waals surface area (Å²) in [4.78, 5) is 0. The maximum atomic E-state index is 13.6. The molecule has 1 fully saturated rings. The Bertz CT molecular complexity index is 394. The summed E-state index contributed by atoms with van der Waals surface area (Å²) < 4.78 is 18.5. The van der Waals surface area contributed by atoms with Gasteiger partial charge >= 0.3 is 0 Å². The monoisotopic (exact) mass is 223 g/mol. The number of halogens is 1. The minimum Gasteiger partial charge on any atom is -0.494 e. The summed E-state index contributed by atoms with van der Waals surface area (Å²) in [5.74, 6) is 0.0105. The van der Waals surface area contributed by atoms with Crippen molar-refractivity contribution < 1.29 is 9.13 Å². The lowest BCUT2D eigenvalue weighted by Gasteiger charge is -2.24. The normalized spacial score (nSPS) is 29.4. The topological polar surface area (TPSA) is 35.2 Å². The molecule has 0 amide bonds. The van der Waals surface area contributed by atoms with Gasteiger partial charge in [-0.2, -0.15) is 0 Å². The molecule has 1 saturated carbocycles. The van der Waals surface area contributed by atoms with Crippen LogP contribution in [-0.4, -0.2) is 13.2 Å². The van der Waals surface area contributed by atoms with Gasteiger partial charge < -0.3 is 10.5 Å². The molecule has 0 bridgehead atoms. The van der Waals surface area contributed by atoms with E-state index in [0.717, 1.165) is 24.8 Å². The maximum Gasteiger partial charge on any atom is 0.165 e. The largest absolute Gasteiger partial charge is 0.494 e. The Morgan fingerprint density at radius 2 is 2.25 bits per heavy atom. The number of methoxy groups -OCH3 is 1. The molecular formula is C13H18FNO. The molecule has 1 aliphatic carbocycles. The number of ether oxygens (including phenoxy) is 1. The molecule has 1 aliphatic rings. The third-order valence-corrected chi connectivity index (χ3v) is 3.63. The van der Waals surface area contributed by atoms with Crippen molar-refractivity contribution >= 4 is 0 Å². The molecule has 88 valence electrons. The lowest BCUT2D eigenvalue weighted by molar-refractivity contribution is 0.384. The molecule has 2 atom stereocenters. The van der Waals surface area contributed by atoms with Crippen LogP contribution < -0.4 is 10.5 Å². The van der Waals surface area contributed by atoms with Crippen LogP contribution in [0.4, 0.5) is 4.39 Å². The second-order valence-corrected chi connectivity index (χ2v) is 4.91. The Balaban J connectivity index is 2.31. The van der Waals surface area contributed by atoms with Gasteiger partial charge in [-0.05, 0) is 42.4 Å². The summed E-state index contributed by atoms with van der Waals surface area (Å²) in [6, 6.07) is 5.46. The average Bonchev–Trinajstić information content (AvgIpc) is 2.60. The third-order valence-electron chi connectivity index (χ3n) is 3.63. The van der Waals surface area contributed by atoms with Gasteiger partial charge in [0.15, 0.2) is 11.6 Å². The fraction of sp³-hybridized carbons (Fsp3) is 0.538. The highest BCUT2D eigenvalue weighted by Crippen LogP contribution is 2.40. The van der Waals surface area contributed by atoms with Gasteiger partial charge in [0.2, 0.25) is 0 Å². The number of benzene rings is 1. The van der Waals surface area contributed by atoms with Crippen molar-refractivity contribution in [1.29, 1.82) is 0 Å². The summed E-state index contributed by atoms with van der Waals surface area (Å²) in [5.41, 5.74) is 6.97. The van der Waals surface area contributed by atoms with Crippen molar-refractivity contribution in [3.63, 3.8) is 0 Å². The van der Waals surface area contributed by atoms with E-state index in [1.54, 1.807) is 12.1 Å². The molecule has 0 aliphatic heterocycles. The zero-order valence-electron chi connectivity index (χ0n) is 9.79. The fourth-order valence-corrected chi connectivity index (χ4v) is 2.59. The quantitative estimate of drug-likeness (QED) is 0.836. The van der Waals surface area contributed by atoms with Crippen molar-refractivity contribution in [3.05, 3.63) is 29.6 Å². The Labute approximate surface area is 95.6 Å². The molecule has 1 aromatic rings. The van der Waals surface area contributed by atoms with Crippen LogP contribution in [0.2, 0.25) is 0 Å². The average molecular weight is 223 g/mol. The predicted molar refractivity (Wildman–Crippen MR) is 62.1 cm³/mol. The molecule has 0 aromatic heterocycles. The molecule has 2 rings (SSSR count). The number of rotatable bonds is 2. The van der Waals surface area contributed by atoms with Gasteiger partial charge in [-0.25, -0.2) is 4.39 Å². The van der Waals surface area contributed by atoms with Crippen LogP contribution in [0.15, 0.2) is 18.2 Å². The minimum atomic E-state index is -0.290. The fourth-order valence-electron chi connectivity index (χ4n) is 2.59. The maximum absolute atomic E-state index is 13.6. The summed E-state index contributed by atoms with van der Waals surface area (Å²) in [7, 11) is 1.48. The summed E-state index contributed by atoms with van der Waals surface area (Å²) in [5, 5.41) is 0. The van der Waals surface area contributed by atoms with E-state index < -0.39 is 0 Å². The van der Waals surface area contributed by atoms with E-state index in [1.807, 2.05) is 6.07 Å². The lowest BCUT2D eigenvalue weighted by Crippen LogP contribution is -2.22. The van der Waals surface area contributed by atoms with E-state index in [4.69, 9.17) is 10.5 Å². The van der Waals surface area contributed by atoms with Crippen LogP contribution in [0.3, 0.4) is 0 Å². The van der Waals surface area contributed by atoms with E-state index in [9.17, 15) is 4.39 Å². The van der Waals surface area contributed by atoms with Crippen LogP contribution in [-0.2, 0) is 5.41 Å². The van der Waals surface area contributed by atoms with Gasteiger partial charge in [0.25, 0.3) is 0 Å². The highest BCUT2D eigenvalue weighted by molar-refractivity contribution is 5.34. The molecule has 0 saturated heterocycles. The van der Waals surface area contributed by atoms with Crippen LogP contribution in [0.25, 0.3) is 0 Å². The molecule has 0 radical (unpaired) electrons. The number of hydrogen-bond acceptors (Lipinski definition) is 2. The summed E-state index contributed by atoms with van der Waals surface area (Å²) in [6.07, 6.45) is 2.98. The van der Waals surface area contributed by atoms with Gasteiger partial charge in [-0.1, -0.05) is 13.0 Å². The van der Waals surface area contributed by atoms with Gasteiger partial charge in [-0.3, -0.25) is 0 Å². The number of nitrogens with two attached hydrogens (primary N) is 1. The smallest absolute Gasteiger partial charge is 0.165 e. The first-order valence-corrected chi connectivity index (χ1v) is 5.65. The second kappa shape index (κ2) is 4.06. The molecule has 2 nitrogen and oxygen atoms in total. The van der Waals surface area contributed by atoms with Gasteiger partial charge in [0.05, 0.1) is 7.11 Å². The van der Waals surface area contributed by atoms with Gasteiger partial charge in [0.1, 0.15) is 0 Å². The zero-order chi connectivity index (χ0) is 11.8. The summed E-state index contributed by atoms with van der Waals surface area (Å²) >= 11 is 0. The van der Waals surface area contributed by atoms with Crippen LogP contribution >= 0.6 is 0 Å². The van der Waals surface area contributed by atoms with Crippen molar-refractivity contribution in [2.75, 3.05) is 7.11 Å². The minimum absolute atomic E-state index is 0.0204. The summed E-state index contributed by atoms with van der Waals surface area (Å²) in [6.45, 7) is 2.15. The Morgan fingerprint density at radius 1 is 1.50 bits per heavy atom. The SMILES string of the molecule is COc1ccc(C2(C)CCC(N)C2)cc1F. The van der Waals surface area contributed by atoms with E-state index in [1.165, 1.54) is 7.11 Å². The first-order chi connectivity index (χ1) is 7.55. The van der Waals surface area contributed by atoms with Gasteiger partial charge in [0, 0.05) is 6.04 Å². The van der Waals surface area contributed by atoms with Crippen molar-refractivity contribution in [3.8, 4) is 5.75 Å². The van der Waals surface area contributed by atoms with E-state index in [-0.39, 0.29) is 17.3 Å². The molecule has 1 aromatic carbocycles. The molecular weight excluding hydrogens is 205 g/mol. The van der Waals surface area contributed by atoms with Crippen LogP contribution in [0.5, 0.6) is 5.75 Å². The molecule has 3 heteroatoms. The molecule has 0 spiro atoms. The Hall–Kier alpha value is -1.09. The number of hydrogen-bond donors (Lipinski definition) is 1. The van der Waals surface area contributed by atoms with Gasteiger partial charge in [-0.15, -0.1) is 0 Å². The standard InChI is InChI=1S/C13H18FNO/c1-13(6-5-10(15)8-13)9-3-4-12(16-2)11(14)7-9/h3-4,7,10H,5-6,8,15H2,1-2H3. The molecule has 2 unspecified atom stereocenters. The van der Waals surface area contributed by atoms with Crippen molar-refractivity contribution in [1.82, 2.24) is 0 Å². The first-order valence-electron chi connectivity index (χ1n) is 5.65. The van der Waals surface area contributed by atoms with Crippen molar-refractivity contribution in [2.24, 2.45) is 5.73 Å². The predicted octanol–water partition coefficient (Wildman–Crippen LogP) is 2.60.